The molecule has 0 aliphatic carbocycles. The average Bonchev–Trinajstić information content (AvgIpc) is 2.47. The van der Waals surface area contributed by atoms with Crippen LogP contribution in [0.1, 0.15) is 31.9 Å². The Hall–Kier alpha value is -2.28. The van der Waals surface area contributed by atoms with Gasteiger partial charge in [0.1, 0.15) is 5.75 Å². The van der Waals surface area contributed by atoms with Gasteiger partial charge in [0.05, 0.1) is 0 Å². The van der Waals surface area contributed by atoms with Gasteiger partial charge in [-0.1, -0.05) is 74.9 Å². The number of hydrogen-bond donors (Lipinski definition) is 1. The predicted octanol–water partition coefficient (Wildman–Crippen LogP) is 5.82. The van der Waals surface area contributed by atoms with Crippen LogP contribution in [0.4, 0.5) is 0 Å². The summed E-state index contributed by atoms with van der Waals surface area (Å²) >= 11 is 0. The second-order valence-electron chi connectivity index (χ2n) is 7.01. The van der Waals surface area contributed by atoms with E-state index in [9.17, 15) is 5.11 Å². The molecule has 0 unspecified atom stereocenters. The molecule has 0 amide bonds. The fraction of sp³-hybridized carbons (Fsp3) is 0.238. The molecular weight excluding hydrogens is 268 g/mol. The van der Waals surface area contributed by atoms with Crippen molar-refractivity contribution in [3.8, 4) is 16.9 Å². The van der Waals surface area contributed by atoms with E-state index in [-0.39, 0.29) is 5.41 Å². The van der Waals surface area contributed by atoms with Gasteiger partial charge in [-0.2, -0.15) is 0 Å². The molecule has 3 aromatic rings. The molecule has 3 rings (SSSR count). The second kappa shape index (κ2) is 5.17. The zero-order valence-electron chi connectivity index (χ0n) is 13.6. The maximum absolute atomic E-state index is 10.4. The van der Waals surface area contributed by atoms with Gasteiger partial charge in [0.25, 0.3) is 0 Å². The monoisotopic (exact) mass is 290 g/mol. The van der Waals surface area contributed by atoms with Crippen molar-refractivity contribution >= 4 is 10.8 Å². The Labute approximate surface area is 132 Å². The molecule has 1 nitrogen and oxygen atoms in total. The number of benzene rings is 3. The van der Waals surface area contributed by atoms with Crippen LogP contribution in [0.25, 0.3) is 21.9 Å². The zero-order chi connectivity index (χ0) is 15.9. The van der Waals surface area contributed by atoms with Crippen molar-refractivity contribution in [1.29, 1.82) is 0 Å². The highest BCUT2D eigenvalue weighted by Gasteiger charge is 2.15. The molecule has 22 heavy (non-hydrogen) atoms. The lowest BCUT2D eigenvalue weighted by atomic mass is 9.86. The van der Waals surface area contributed by atoms with Gasteiger partial charge in [-0.05, 0) is 40.3 Å². The minimum Gasteiger partial charge on any atom is -0.507 e. The first-order valence-corrected chi connectivity index (χ1v) is 7.69. The summed E-state index contributed by atoms with van der Waals surface area (Å²) in [6.07, 6.45) is 0. The molecule has 0 saturated heterocycles. The lowest BCUT2D eigenvalue weighted by Crippen LogP contribution is -2.10. The van der Waals surface area contributed by atoms with E-state index in [0.717, 1.165) is 21.9 Å². The molecule has 0 saturated carbocycles. The summed E-state index contributed by atoms with van der Waals surface area (Å²) in [4.78, 5) is 0. The van der Waals surface area contributed by atoms with E-state index in [4.69, 9.17) is 0 Å². The van der Waals surface area contributed by atoms with E-state index in [1.54, 1.807) is 6.07 Å². The van der Waals surface area contributed by atoms with Crippen LogP contribution in [0.2, 0.25) is 0 Å². The van der Waals surface area contributed by atoms with Crippen molar-refractivity contribution in [3.63, 3.8) is 0 Å². The van der Waals surface area contributed by atoms with Crippen LogP contribution in [-0.2, 0) is 5.41 Å². The Balaban J connectivity index is 2.19. The number of aryl methyl sites for hydroxylation is 1. The second-order valence-corrected chi connectivity index (χ2v) is 7.01. The summed E-state index contributed by atoms with van der Waals surface area (Å²) in [5.41, 5.74) is 4.63. The number of phenolic OH excluding ortho intramolecular Hbond substituents is 1. The summed E-state index contributed by atoms with van der Waals surface area (Å²) in [6.45, 7) is 8.71. The van der Waals surface area contributed by atoms with Crippen LogP contribution in [0, 0.1) is 6.92 Å². The van der Waals surface area contributed by atoms with Crippen molar-refractivity contribution in [2.24, 2.45) is 0 Å². The van der Waals surface area contributed by atoms with Crippen molar-refractivity contribution < 1.29 is 5.11 Å². The van der Waals surface area contributed by atoms with Gasteiger partial charge < -0.3 is 5.11 Å². The van der Waals surface area contributed by atoms with E-state index in [0.29, 0.717) is 5.75 Å². The Bertz CT molecular complexity index is 821. The van der Waals surface area contributed by atoms with Crippen LogP contribution in [0.5, 0.6) is 5.75 Å². The van der Waals surface area contributed by atoms with E-state index in [1.165, 1.54) is 11.1 Å². The summed E-state index contributed by atoms with van der Waals surface area (Å²) in [6, 6.07) is 18.6. The smallest absolute Gasteiger partial charge is 0.124 e. The molecular formula is C21H22O. The Morgan fingerprint density at radius 1 is 0.818 bits per heavy atom. The molecule has 0 aliphatic rings. The number of rotatable bonds is 1. The summed E-state index contributed by atoms with van der Waals surface area (Å²) in [5, 5.41) is 12.6. The normalized spacial score (nSPS) is 11.8. The molecule has 0 heterocycles. The van der Waals surface area contributed by atoms with Crippen LogP contribution >= 0.6 is 0 Å². The van der Waals surface area contributed by atoms with Gasteiger partial charge in [0.15, 0.2) is 0 Å². The highest BCUT2D eigenvalue weighted by atomic mass is 16.3. The van der Waals surface area contributed by atoms with Crippen LogP contribution in [0.3, 0.4) is 0 Å². The van der Waals surface area contributed by atoms with Gasteiger partial charge in [0.2, 0.25) is 0 Å². The van der Waals surface area contributed by atoms with Gasteiger partial charge in [-0.25, -0.2) is 0 Å². The molecule has 0 atom stereocenters. The molecule has 0 aliphatic heterocycles. The average molecular weight is 290 g/mol. The standard InChI is InChI=1S/C21H22O/c1-14-5-11-18-16(13-14)8-12-19(22)20(18)15-6-9-17(10-7-15)21(2,3)4/h5-13,22H,1-4H3. The third-order valence-corrected chi connectivity index (χ3v) is 4.19. The lowest BCUT2D eigenvalue weighted by molar-refractivity contribution is 0.478. The molecule has 3 aromatic carbocycles. The minimum atomic E-state index is 0.135. The molecule has 0 aromatic heterocycles. The van der Waals surface area contributed by atoms with Crippen molar-refractivity contribution in [1.82, 2.24) is 0 Å². The molecule has 0 radical (unpaired) electrons. The maximum atomic E-state index is 10.4. The molecule has 0 spiro atoms. The fourth-order valence-corrected chi connectivity index (χ4v) is 2.88. The first-order chi connectivity index (χ1) is 10.4. The number of aromatic hydroxyl groups is 1. The zero-order valence-corrected chi connectivity index (χ0v) is 13.6. The van der Waals surface area contributed by atoms with E-state index in [1.807, 2.05) is 6.07 Å². The number of fused-ring (bicyclic) bond motifs is 1. The largest absolute Gasteiger partial charge is 0.507 e. The molecule has 0 fully saturated rings. The topological polar surface area (TPSA) is 20.2 Å². The highest BCUT2D eigenvalue weighted by Crippen LogP contribution is 2.37. The van der Waals surface area contributed by atoms with Gasteiger partial charge in [-0.15, -0.1) is 0 Å². The van der Waals surface area contributed by atoms with Crippen LogP contribution < -0.4 is 0 Å². The fourth-order valence-electron chi connectivity index (χ4n) is 2.88. The van der Waals surface area contributed by atoms with Crippen molar-refractivity contribution in [3.05, 3.63) is 65.7 Å². The number of phenols is 1. The highest BCUT2D eigenvalue weighted by molar-refractivity contribution is 5.99. The first kappa shape index (κ1) is 14.6. The Morgan fingerprint density at radius 2 is 1.50 bits per heavy atom. The lowest BCUT2D eigenvalue weighted by Gasteiger charge is -2.19. The maximum Gasteiger partial charge on any atom is 0.124 e. The minimum absolute atomic E-state index is 0.135. The molecule has 0 bridgehead atoms. The van der Waals surface area contributed by atoms with E-state index < -0.39 is 0 Å². The summed E-state index contributed by atoms with van der Waals surface area (Å²) < 4.78 is 0. The Morgan fingerprint density at radius 3 is 2.14 bits per heavy atom. The first-order valence-electron chi connectivity index (χ1n) is 7.69. The SMILES string of the molecule is Cc1ccc2c(-c3ccc(C(C)(C)C)cc3)c(O)ccc2c1. The van der Waals surface area contributed by atoms with Crippen LogP contribution in [0.15, 0.2) is 54.6 Å². The third-order valence-electron chi connectivity index (χ3n) is 4.19. The van der Waals surface area contributed by atoms with Crippen molar-refractivity contribution in [2.45, 2.75) is 33.1 Å². The van der Waals surface area contributed by atoms with Crippen LogP contribution in [-0.4, -0.2) is 5.11 Å². The van der Waals surface area contributed by atoms with Gasteiger partial charge in [-0.3, -0.25) is 0 Å². The van der Waals surface area contributed by atoms with Gasteiger partial charge in [0, 0.05) is 5.56 Å². The number of hydrogen-bond acceptors (Lipinski definition) is 1. The molecule has 1 N–H and O–H groups in total. The quantitative estimate of drug-likeness (QED) is 0.599. The molecule has 112 valence electrons. The summed E-state index contributed by atoms with van der Waals surface area (Å²) in [7, 11) is 0. The van der Waals surface area contributed by atoms with Gasteiger partial charge >= 0.3 is 0 Å². The Kier molecular flexibility index (Phi) is 3.44. The predicted molar refractivity (Wildman–Crippen MR) is 94.5 cm³/mol. The summed E-state index contributed by atoms with van der Waals surface area (Å²) in [5.74, 6) is 0.333. The van der Waals surface area contributed by atoms with E-state index >= 15 is 0 Å². The third kappa shape index (κ3) is 2.59. The molecule has 1 heteroatoms. The van der Waals surface area contributed by atoms with E-state index in [2.05, 4.69) is 70.2 Å². The van der Waals surface area contributed by atoms with Crippen molar-refractivity contribution in [2.75, 3.05) is 0 Å².